The van der Waals surface area contributed by atoms with E-state index in [0.29, 0.717) is 5.75 Å². The quantitative estimate of drug-likeness (QED) is 0.517. The lowest BCUT2D eigenvalue weighted by molar-refractivity contribution is 0.483. The molecule has 1 N–H and O–H groups in total. The van der Waals surface area contributed by atoms with Crippen molar-refractivity contribution in [2.24, 2.45) is 4.99 Å². The molecule has 0 amide bonds. The second-order valence-electron chi connectivity index (χ2n) is 5.23. The minimum Gasteiger partial charge on any atom is -0.507 e. The van der Waals surface area contributed by atoms with Crippen molar-refractivity contribution in [2.75, 3.05) is 0 Å². The molecule has 0 saturated carbocycles. The predicted molar refractivity (Wildman–Crippen MR) is 81.7 cm³/mol. The van der Waals surface area contributed by atoms with Crippen molar-refractivity contribution in [2.45, 2.75) is 6.92 Å². The van der Waals surface area contributed by atoms with Crippen molar-refractivity contribution in [3.05, 3.63) is 58.6 Å². The van der Waals surface area contributed by atoms with Crippen molar-refractivity contribution < 1.29 is 5.11 Å². The highest BCUT2D eigenvalue weighted by molar-refractivity contribution is 5.98. The van der Waals surface area contributed by atoms with Crippen LogP contribution in [0.3, 0.4) is 0 Å². The SMILES string of the molecule is C=c1c2c(c(O)c3ccccc13)-c1ccc(C)cc1N=2. The van der Waals surface area contributed by atoms with Gasteiger partial charge in [-0.1, -0.05) is 43.0 Å². The maximum atomic E-state index is 10.6. The van der Waals surface area contributed by atoms with Crippen LogP contribution in [0, 0.1) is 6.92 Å². The number of phenolic OH excluding ortho intramolecular Hbond substituents is 1. The van der Waals surface area contributed by atoms with E-state index in [1.54, 1.807) is 0 Å². The number of aromatic hydroxyl groups is 1. The summed E-state index contributed by atoms with van der Waals surface area (Å²) in [5.74, 6) is 0.300. The summed E-state index contributed by atoms with van der Waals surface area (Å²) >= 11 is 0. The van der Waals surface area contributed by atoms with Crippen molar-refractivity contribution in [1.82, 2.24) is 0 Å². The molecule has 0 spiro atoms. The fraction of sp³-hybridized carbons (Fsp3) is 0.0556. The Kier molecular flexibility index (Phi) is 2.08. The molecule has 2 heteroatoms. The Balaban J connectivity index is 2.26. The van der Waals surface area contributed by atoms with Gasteiger partial charge < -0.3 is 5.11 Å². The fourth-order valence-corrected chi connectivity index (χ4v) is 2.92. The number of rotatable bonds is 0. The van der Waals surface area contributed by atoms with Gasteiger partial charge in [0.25, 0.3) is 0 Å². The lowest BCUT2D eigenvalue weighted by Gasteiger charge is -2.07. The monoisotopic (exact) mass is 259 g/mol. The summed E-state index contributed by atoms with van der Waals surface area (Å²) in [6.07, 6.45) is 0. The number of aryl methyl sites for hydroxylation is 1. The van der Waals surface area contributed by atoms with Gasteiger partial charge in [0, 0.05) is 16.2 Å². The van der Waals surface area contributed by atoms with Crippen molar-refractivity contribution >= 4 is 23.0 Å². The molecular formula is C18H13NO. The second kappa shape index (κ2) is 3.70. The molecule has 4 rings (SSSR count). The Bertz CT molecular complexity index is 986. The predicted octanol–water partition coefficient (Wildman–Crippen LogP) is 3.20. The molecular weight excluding hydrogens is 246 g/mol. The smallest absolute Gasteiger partial charge is 0.133 e. The van der Waals surface area contributed by atoms with Gasteiger partial charge in [-0.2, -0.15) is 0 Å². The van der Waals surface area contributed by atoms with Crippen molar-refractivity contribution in [1.29, 1.82) is 0 Å². The number of benzene rings is 3. The molecule has 1 aliphatic heterocycles. The first-order valence-electron chi connectivity index (χ1n) is 6.59. The summed E-state index contributed by atoms with van der Waals surface area (Å²) in [5, 5.41) is 14.1. The van der Waals surface area contributed by atoms with Gasteiger partial charge in [0.1, 0.15) is 5.75 Å². The molecule has 0 radical (unpaired) electrons. The Morgan fingerprint density at radius 1 is 1.05 bits per heavy atom. The first-order chi connectivity index (χ1) is 9.66. The van der Waals surface area contributed by atoms with E-state index in [1.165, 1.54) is 0 Å². The van der Waals surface area contributed by atoms with Crippen LogP contribution in [0.25, 0.3) is 28.5 Å². The highest BCUT2D eigenvalue weighted by Gasteiger charge is 2.20. The number of hydrogen-bond acceptors (Lipinski definition) is 2. The van der Waals surface area contributed by atoms with Crippen LogP contribution < -0.4 is 10.6 Å². The molecule has 0 bridgehead atoms. The molecule has 0 saturated heterocycles. The zero-order valence-electron chi connectivity index (χ0n) is 11.1. The zero-order valence-corrected chi connectivity index (χ0v) is 11.1. The lowest BCUT2D eigenvalue weighted by atomic mass is 9.97. The zero-order chi connectivity index (χ0) is 13.9. The molecule has 1 heterocycles. The van der Waals surface area contributed by atoms with Crippen LogP contribution >= 0.6 is 0 Å². The average Bonchev–Trinajstić information content (AvgIpc) is 2.83. The molecule has 0 aliphatic carbocycles. The Labute approximate surface area is 116 Å². The number of fused-ring (bicyclic) bond motifs is 4. The van der Waals surface area contributed by atoms with Crippen LogP contribution in [0.2, 0.25) is 0 Å². The molecule has 0 unspecified atom stereocenters. The van der Waals surface area contributed by atoms with E-state index in [-0.39, 0.29) is 0 Å². The largest absolute Gasteiger partial charge is 0.507 e. The Morgan fingerprint density at radius 2 is 1.80 bits per heavy atom. The first-order valence-corrected chi connectivity index (χ1v) is 6.59. The molecule has 96 valence electrons. The van der Waals surface area contributed by atoms with E-state index < -0.39 is 0 Å². The van der Waals surface area contributed by atoms with Crippen LogP contribution in [-0.2, 0) is 0 Å². The summed E-state index contributed by atoms with van der Waals surface area (Å²) in [7, 11) is 0. The normalized spacial score (nSPS) is 12.1. The van der Waals surface area contributed by atoms with Crippen molar-refractivity contribution in [3.8, 4) is 16.9 Å². The maximum absolute atomic E-state index is 10.6. The van der Waals surface area contributed by atoms with Gasteiger partial charge >= 0.3 is 0 Å². The molecule has 0 atom stereocenters. The third-order valence-corrected chi connectivity index (χ3v) is 3.92. The van der Waals surface area contributed by atoms with E-state index in [4.69, 9.17) is 0 Å². The first kappa shape index (κ1) is 11.2. The Morgan fingerprint density at radius 3 is 2.60 bits per heavy atom. The summed E-state index contributed by atoms with van der Waals surface area (Å²) in [6.45, 7) is 6.20. The number of hydrogen-bond donors (Lipinski definition) is 1. The van der Waals surface area contributed by atoms with E-state index >= 15 is 0 Å². The van der Waals surface area contributed by atoms with Gasteiger partial charge in [-0.3, -0.25) is 0 Å². The van der Waals surface area contributed by atoms with Crippen LogP contribution in [0.4, 0.5) is 5.69 Å². The molecule has 3 aromatic carbocycles. The van der Waals surface area contributed by atoms with Gasteiger partial charge in [-0.25, -0.2) is 4.99 Å². The molecule has 2 nitrogen and oxygen atoms in total. The Hall–Kier alpha value is -2.61. The third-order valence-electron chi connectivity index (χ3n) is 3.92. The van der Waals surface area contributed by atoms with E-state index in [0.717, 1.165) is 43.7 Å². The van der Waals surface area contributed by atoms with Gasteiger partial charge in [0.05, 0.1) is 16.6 Å². The second-order valence-corrected chi connectivity index (χ2v) is 5.23. The highest BCUT2D eigenvalue weighted by atomic mass is 16.3. The van der Waals surface area contributed by atoms with E-state index in [1.807, 2.05) is 49.4 Å². The van der Waals surface area contributed by atoms with Gasteiger partial charge in [0.2, 0.25) is 0 Å². The summed E-state index contributed by atoms with van der Waals surface area (Å²) in [4.78, 5) is 4.66. The summed E-state index contributed by atoms with van der Waals surface area (Å²) in [5.41, 5.74) is 3.87. The van der Waals surface area contributed by atoms with Crippen molar-refractivity contribution in [3.63, 3.8) is 0 Å². The maximum Gasteiger partial charge on any atom is 0.133 e. The average molecular weight is 259 g/mol. The molecule has 1 aliphatic rings. The summed E-state index contributed by atoms with van der Waals surface area (Å²) in [6, 6.07) is 13.9. The topological polar surface area (TPSA) is 32.6 Å². The standard InChI is InChI=1S/C18H13NO/c1-10-7-8-14-15(9-10)19-17-11(2)12-5-3-4-6-13(12)18(20)16(14)17/h3-9,20H,2H2,1H3. The van der Waals surface area contributed by atoms with E-state index in [2.05, 4.69) is 11.6 Å². The van der Waals surface area contributed by atoms with Gasteiger partial charge in [-0.05, 0) is 23.9 Å². The minimum atomic E-state index is 0.300. The van der Waals surface area contributed by atoms with Crippen LogP contribution in [0.5, 0.6) is 5.75 Å². The molecule has 0 fully saturated rings. The van der Waals surface area contributed by atoms with Gasteiger partial charge in [-0.15, -0.1) is 0 Å². The molecule has 3 aromatic rings. The fourth-order valence-electron chi connectivity index (χ4n) is 2.92. The number of nitrogens with zero attached hydrogens (tertiary/aromatic N) is 1. The van der Waals surface area contributed by atoms with E-state index in [9.17, 15) is 5.11 Å². The van der Waals surface area contributed by atoms with Crippen LogP contribution in [0.15, 0.2) is 47.5 Å². The minimum absolute atomic E-state index is 0.300. The van der Waals surface area contributed by atoms with Crippen LogP contribution in [0.1, 0.15) is 5.56 Å². The molecule has 20 heavy (non-hydrogen) atoms. The molecule has 0 aromatic heterocycles. The number of phenols is 1. The van der Waals surface area contributed by atoms with Gasteiger partial charge in [0.15, 0.2) is 0 Å². The highest BCUT2D eigenvalue weighted by Crippen LogP contribution is 2.40. The lowest BCUT2D eigenvalue weighted by Crippen LogP contribution is -2.24. The third kappa shape index (κ3) is 1.31. The summed E-state index contributed by atoms with van der Waals surface area (Å²) < 4.78 is 0. The van der Waals surface area contributed by atoms with Crippen LogP contribution in [-0.4, -0.2) is 5.11 Å².